The Morgan fingerprint density at radius 3 is 2.78 bits per heavy atom. The van der Waals surface area contributed by atoms with E-state index in [1.165, 1.54) is 6.20 Å². The molecule has 3 N–H and O–H groups in total. The Kier molecular flexibility index (Phi) is 4.18. The molecule has 1 atom stereocenters. The predicted octanol–water partition coefficient (Wildman–Crippen LogP) is 1.03. The molecule has 2 aromatic heterocycles. The molecule has 9 heteroatoms. The van der Waals surface area contributed by atoms with Crippen molar-refractivity contribution in [2.75, 3.05) is 31.6 Å². The van der Waals surface area contributed by atoms with E-state index in [1.807, 2.05) is 0 Å². The number of hydrogen-bond acceptors (Lipinski definition) is 6. The van der Waals surface area contributed by atoms with Gasteiger partial charge in [0.1, 0.15) is 11.2 Å². The van der Waals surface area contributed by atoms with Crippen LogP contribution in [0.3, 0.4) is 0 Å². The Bertz CT molecular complexity index is 1030. The fourth-order valence-electron chi connectivity index (χ4n) is 3.63. The molecule has 8 nitrogen and oxygen atoms in total. The number of carboxylic acid groups (broad SMARTS) is 1. The van der Waals surface area contributed by atoms with E-state index in [1.54, 1.807) is 16.5 Å². The van der Waals surface area contributed by atoms with Crippen molar-refractivity contribution in [1.82, 2.24) is 9.55 Å². The highest BCUT2D eigenvalue weighted by Crippen LogP contribution is 2.37. The number of rotatable bonds is 4. The highest BCUT2D eigenvalue weighted by atomic mass is 19.1. The van der Waals surface area contributed by atoms with Crippen LogP contribution in [-0.2, 0) is 0 Å². The maximum Gasteiger partial charge on any atom is 0.341 e. The Morgan fingerprint density at radius 1 is 1.48 bits per heavy atom. The number of hydrogen-bond donors (Lipinski definition) is 2. The van der Waals surface area contributed by atoms with Gasteiger partial charge in [-0.05, 0) is 18.9 Å². The summed E-state index contributed by atoms with van der Waals surface area (Å²) in [6.45, 7) is 1.33. The fraction of sp³-hybridized carbons (Fsp3) is 0.444. The molecule has 0 amide bonds. The second-order valence-electron chi connectivity index (χ2n) is 7.01. The second kappa shape index (κ2) is 6.41. The van der Waals surface area contributed by atoms with E-state index >= 15 is 0 Å². The number of halogens is 1. The van der Waals surface area contributed by atoms with Gasteiger partial charge in [0.25, 0.3) is 0 Å². The monoisotopic (exact) mass is 373 g/mol. The van der Waals surface area contributed by atoms with E-state index in [-0.39, 0.29) is 28.7 Å². The molecule has 1 aliphatic carbocycles. The highest BCUT2D eigenvalue weighted by molar-refractivity contribution is 5.95. The first-order valence-corrected chi connectivity index (χ1v) is 8.83. The molecule has 142 valence electrons. The smallest absolute Gasteiger partial charge is 0.341 e. The van der Waals surface area contributed by atoms with Crippen LogP contribution in [0.25, 0.3) is 11.0 Å². The number of anilines is 1. The van der Waals surface area contributed by atoms with Crippen LogP contribution in [0, 0.1) is 11.7 Å². The summed E-state index contributed by atoms with van der Waals surface area (Å²) in [4.78, 5) is 34.3. The van der Waals surface area contributed by atoms with Crippen LogP contribution in [0.5, 0.6) is 0 Å². The number of aliphatic imine (C=N–C) groups is 1. The molecule has 3 heterocycles. The average molecular weight is 373 g/mol. The van der Waals surface area contributed by atoms with E-state index < -0.39 is 17.2 Å². The lowest BCUT2D eigenvalue weighted by Gasteiger charge is -2.19. The maximum atomic E-state index is 14.8. The number of aromatic nitrogens is 2. The van der Waals surface area contributed by atoms with Crippen LogP contribution >= 0.6 is 0 Å². The lowest BCUT2D eigenvalue weighted by atomic mass is 10.1. The van der Waals surface area contributed by atoms with E-state index in [2.05, 4.69) is 9.98 Å². The Morgan fingerprint density at radius 2 is 2.22 bits per heavy atom. The van der Waals surface area contributed by atoms with Crippen LogP contribution in [-0.4, -0.2) is 53.0 Å². The summed E-state index contributed by atoms with van der Waals surface area (Å²) < 4.78 is 16.5. The number of carboxylic acids is 1. The molecular formula is C18H20FN5O3. The normalized spacial score (nSPS) is 21.4. The lowest BCUT2D eigenvalue weighted by molar-refractivity contribution is 0.0695. The minimum atomic E-state index is -1.32. The fourth-order valence-corrected chi connectivity index (χ4v) is 3.63. The van der Waals surface area contributed by atoms with Crippen LogP contribution in [0.2, 0.25) is 0 Å². The summed E-state index contributed by atoms with van der Waals surface area (Å²) in [5.74, 6) is -1.81. The van der Waals surface area contributed by atoms with Gasteiger partial charge in [0.15, 0.2) is 11.6 Å². The summed E-state index contributed by atoms with van der Waals surface area (Å²) >= 11 is 0. The standard InChI is InChI=1S/C18H20FN5O3/c1-21-14-8-23(6-9(14)5-20)17-13(19)4-11-15(25)12(18(26)27)7-24(10-2-3-10)16(11)22-17/h4,7,9-10H,2-3,5-6,8,20H2,1H3,(H,26,27). The molecule has 2 aromatic rings. The number of carbonyl (C=O) groups is 1. The van der Waals surface area contributed by atoms with Crippen molar-refractivity contribution in [3.8, 4) is 0 Å². The molecular weight excluding hydrogens is 353 g/mol. The number of nitrogens with zero attached hydrogens (tertiary/aromatic N) is 4. The van der Waals surface area contributed by atoms with Crippen molar-refractivity contribution in [1.29, 1.82) is 0 Å². The molecule has 1 saturated heterocycles. The number of aromatic carboxylic acids is 1. The quantitative estimate of drug-likeness (QED) is 0.828. The van der Waals surface area contributed by atoms with Crippen molar-refractivity contribution >= 4 is 28.5 Å². The van der Waals surface area contributed by atoms with Gasteiger partial charge in [0.05, 0.1) is 11.9 Å². The van der Waals surface area contributed by atoms with Crippen LogP contribution in [0.1, 0.15) is 29.2 Å². The van der Waals surface area contributed by atoms with Crippen molar-refractivity contribution < 1.29 is 14.3 Å². The van der Waals surface area contributed by atoms with Crippen molar-refractivity contribution in [3.05, 3.63) is 33.9 Å². The largest absolute Gasteiger partial charge is 0.477 e. The molecule has 0 spiro atoms. The van der Waals surface area contributed by atoms with E-state index in [0.717, 1.165) is 24.6 Å². The van der Waals surface area contributed by atoms with E-state index in [0.29, 0.717) is 25.3 Å². The zero-order chi connectivity index (χ0) is 19.3. The van der Waals surface area contributed by atoms with Gasteiger partial charge in [0.2, 0.25) is 5.43 Å². The number of pyridine rings is 2. The maximum absolute atomic E-state index is 14.8. The molecule has 0 aromatic carbocycles. The zero-order valence-electron chi connectivity index (χ0n) is 14.9. The van der Waals surface area contributed by atoms with Crippen molar-refractivity contribution in [3.63, 3.8) is 0 Å². The first kappa shape index (κ1) is 17.6. The molecule has 1 aliphatic heterocycles. The van der Waals surface area contributed by atoms with E-state index in [9.17, 15) is 19.1 Å². The van der Waals surface area contributed by atoms with Crippen LogP contribution in [0.15, 0.2) is 22.1 Å². The summed E-state index contributed by atoms with van der Waals surface area (Å²) in [6.07, 6.45) is 3.07. The predicted molar refractivity (Wildman–Crippen MR) is 99.3 cm³/mol. The third-order valence-electron chi connectivity index (χ3n) is 5.25. The topological polar surface area (TPSA) is 114 Å². The summed E-state index contributed by atoms with van der Waals surface area (Å²) in [5.41, 5.74) is 5.90. The SMILES string of the molecule is CN=C1CN(c2nc3c(cc2F)c(=O)c(C(=O)O)cn3C2CC2)CC1CN. The van der Waals surface area contributed by atoms with Gasteiger partial charge in [-0.25, -0.2) is 14.2 Å². The minimum Gasteiger partial charge on any atom is -0.477 e. The first-order chi connectivity index (χ1) is 12.9. The Balaban J connectivity index is 1.89. The first-order valence-electron chi connectivity index (χ1n) is 8.83. The lowest BCUT2D eigenvalue weighted by Crippen LogP contribution is -2.26. The van der Waals surface area contributed by atoms with Gasteiger partial charge in [-0.1, -0.05) is 0 Å². The van der Waals surface area contributed by atoms with Gasteiger partial charge in [-0.15, -0.1) is 0 Å². The van der Waals surface area contributed by atoms with Gasteiger partial charge in [-0.2, -0.15) is 0 Å². The molecule has 2 aliphatic rings. The van der Waals surface area contributed by atoms with Crippen LogP contribution < -0.4 is 16.1 Å². The molecule has 1 unspecified atom stereocenters. The molecule has 27 heavy (non-hydrogen) atoms. The third-order valence-corrected chi connectivity index (χ3v) is 5.25. The summed E-state index contributed by atoms with van der Waals surface area (Å²) in [6, 6.07) is 1.18. The van der Waals surface area contributed by atoms with Crippen molar-refractivity contribution in [2.24, 2.45) is 16.6 Å². The molecule has 0 bridgehead atoms. The van der Waals surface area contributed by atoms with Gasteiger partial charge in [0, 0.05) is 44.0 Å². The van der Waals surface area contributed by atoms with Gasteiger partial charge < -0.3 is 20.3 Å². The van der Waals surface area contributed by atoms with E-state index in [4.69, 9.17) is 5.73 Å². The molecule has 4 rings (SSSR count). The molecule has 0 radical (unpaired) electrons. The summed E-state index contributed by atoms with van der Waals surface area (Å²) in [5, 5.41) is 9.29. The van der Waals surface area contributed by atoms with Crippen molar-refractivity contribution in [2.45, 2.75) is 18.9 Å². The minimum absolute atomic E-state index is 0.0120. The highest BCUT2D eigenvalue weighted by Gasteiger charge is 2.32. The number of fused-ring (bicyclic) bond motifs is 1. The third kappa shape index (κ3) is 2.87. The van der Waals surface area contributed by atoms with Crippen LogP contribution in [0.4, 0.5) is 10.2 Å². The Hall–Kier alpha value is -2.81. The molecule has 1 saturated carbocycles. The second-order valence-corrected chi connectivity index (χ2v) is 7.01. The van der Waals surface area contributed by atoms with Gasteiger partial charge in [-0.3, -0.25) is 9.79 Å². The molecule has 2 fully saturated rings. The summed E-state index contributed by atoms with van der Waals surface area (Å²) in [7, 11) is 1.68. The Labute approximate surface area is 154 Å². The average Bonchev–Trinajstić information content (AvgIpc) is 3.40. The number of nitrogens with two attached hydrogens (primary N) is 1. The zero-order valence-corrected chi connectivity index (χ0v) is 14.9. The van der Waals surface area contributed by atoms with Gasteiger partial charge >= 0.3 is 5.97 Å².